The van der Waals surface area contributed by atoms with Gasteiger partial charge in [-0.05, 0) is 73.6 Å². The van der Waals surface area contributed by atoms with Crippen LogP contribution in [0, 0.1) is 23.3 Å². The molecule has 316 valence electrons. The maximum absolute atomic E-state index is 13.6. The molecular formula is C47H54N10O4. The van der Waals surface area contributed by atoms with E-state index in [9.17, 15) is 14.4 Å². The lowest BCUT2D eigenvalue weighted by Gasteiger charge is -2.63. The Hall–Kier alpha value is -6.07. The Kier molecular flexibility index (Phi) is 10.4. The van der Waals surface area contributed by atoms with Gasteiger partial charge in [0, 0.05) is 110 Å². The van der Waals surface area contributed by atoms with E-state index in [-0.39, 0.29) is 40.7 Å². The van der Waals surface area contributed by atoms with E-state index < -0.39 is 6.04 Å². The summed E-state index contributed by atoms with van der Waals surface area (Å²) in [6, 6.07) is 12.9. The standard InChI is InChI=1S/C47H54N10O4/c1-29-9-13-37(41(59)52-29)57-28-31-24-33(10-11-34(31)42(57)60)55-22-20-54(21-23-55)27-30-15-18-56(19-16-30)45-50-25-32(26-51-45)40(58)53-43-46(2,3)44(47(43,4)5)61-38-14-12-36(48-6)39-35(38)8-7-17-49-39/h7-8,10-12,14,17,24-26,30,37,43-44H,1,9,13,15-16,18-23,27-28H2,2-5H3,(H,52,59)(H,53,58)/t37-,43?,44?/m0/s1. The topological polar surface area (TPSA) is 140 Å². The van der Waals surface area contributed by atoms with Crippen molar-refractivity contribution in [2.45, 2.75) is 78.1 Å². The lowest BCUT2D eigenvalue weighted by atomic mass is 9.49. The van der Waals surface area contributed by atoms with Gasteiger partial charge in [0.05, 0.1) is 17.7 Å². The number of ether oxygens (including phenoxy) is 1. The molecule has 6 heterocycles. The number of rotatable bonds is 9. The summed E-state index contributed by atoms with van der Waals surface area (Å²) in [5.74, 6) is 1.51. The van der Waals surface area contributed by atoms with E-state index in [0.717, 1.165) is 75.3 Å². The predicted octanol–water partition coefficient (Wildman–Crippen LogP) is 5.97. The number of piperazine rings is 1. The molecular weight excluding hydrogens is 769 g/mol. The zero-order valence-electron chi connectivity index (χ0n) is 35.5. The summed E-state index contributed by atoms with van der Waals surface area (Å²) in [4.78, 5) is 65.7. The van der Waals surface area contributed by atoms with Gasteiger partial charge in [-0.15, -0.1) is 0 Å². The highest BCUT2D eigenvalue weighted by Crippen LogP contribution is 2.56. The Bertz CT molecular complexity index is 2410. The maximum atomic E-state index is 13.6. The molecule has 0 radical (unpaired) electrons. The molecule has 1 saturated carbocycles. The minimum Gasteiger partial charge on any atom is -0.489 e. The average molecular weight is 823 g/mol. The Balaban J connectivity index is 0.733. The number of carbonyl (C=O) groups excluding carboxylic acids is 3. The second-order valence-electron chi connectivity index (χ2n) is 18.6. The van der Waals surface area contributed by atoms with Gasteiger partial charge in [-0.25, -0.2) is 14.8 Å². The second-order valence-corrected chi connectivity index (χ2v) is 18.6. The summed E-state index contributed by atoms with van der Waals surface area (Å²) in [6.45, 7) is 26.9. The van der Waals surface area contributed by atoms with Gasteiger partial charge in [0.1, 0.15) is 17.9 Å². The number of pyridine rings is 1. The van der Waals surface area contributed by atoms with Crippen molar-refractivity contribution < 1.29 is 19.1 Å². The van der Waals surface area contributed by atoms with Crippen LogP contribution in [-0.4, -0.2) is 106 Å². The quantitative estimate of drug-likeness (QED) is 0.194. The van der Waals surface area contributed by atoms with Gasteiger partial charge in [-0.2, -0.15) is 0 Å². The van der Waals surface area contributed by atoms with E-state index in [1.54, 1.807) is 29.6 Å². The SMILES string of the molecule is [C-]#[N+]c1ccc(OC2C(C)(C)C(NC(=O)c3cnc(N4CCC(CN5CCN(c6ccc7c(c6)CN([C@H]6CCC(=C)NC6=O)C7=O)CC5)CC4)nc3)C2(C)C)c2cccnc12. The number of nitrogens with zero attached hydrogens (tertiary/aromatic N) is 8. The minimum absolute atomic E-state index is 0.0643. The average Bonchev–Trinajstić information content (AvgIpc) is 3.59. The van der Waals surface area contributed by atoms with Gasteiger partial charge in [-0.3, -0.25) is 24.3 Å². The first-order valence-corrected chi connectivity index (χ1v) is 21.5. The lowest BCUT2D eigenvalue weighted by molar-refractivity contribution is -0.163. The van der Waals surface area contributed by atoms with Crippen LogP contribution in [0.15, 0.2) is 73.3 Å². The fraction of sp³-hybridized carbons (Fsp3) is 0.468. The molecule has 14 heteroatoms. The van der Waals surface area contributed by atoms with Crippen molar-refractivity contribution in [3.8, 4) is 5.75 Å². The number of hydrogen-bond acceptors (Lipinski definition) is 10. The van der Waals surface area contributed by atoms with Gasteiger partial charge in [0.25, 0.3) is 11.8 Å². The predicted molar refractivity (Wildman–Crippen MR) is 233 cm³/mol. The molecule has 1 atom stereocenters. The van der Waals surface area contributed by atoms with Crippen LogP contribution in [0.4, 0.5) is 17.3 Å². The minimum atomic E-state index is -0.449. The molecule has 4 aromatic rings. The van der Waals surface area contributed by atoms with Crippen LogP contribution in [0.3, 0.4) is 0 Å². The van der Waals surface area contributed by atoms with Crippen molar-refractivity contribution in [2.75, 3.05) is 55.6 Å². The number of allylic oxidation sites excluding steroid dienone is 1. The van der Waals surface area contributed by atoms with E-state index >= 15 is 0 Å². The second kappa shape index (κ2) is 15.8. The van der Waals surface area contributed by atoms with Gasteiger partial charge in [0.15, 0.2) is 0 Å². The van der Waals surface area contributed by atoms with Crippen molar-refractivity contribution in [3.63, 3.8) is 0 Å². The summed E-state index contributed by atoms with van der Waals surface area (Å²) >= 11 is 0. The molecule has 14 nitrogen and oxygen atoms in total. The number of carbonyl (C=O) groups is 3. The van der Waals surface area contributed by atoms with Crippen molar-refractivity contribution in [2.24, 2.45) is 16.7 Å². The van der Waals surface area contributed by atoms with Crippen molar-refractivity contribution in [3.05, 3.63) is 101 Å². The van der Waals surface area contributed by atoms with Crippen LogP contribution in [0.5, 0.6) is 5.75 Å². The van der Waals surface area contributed by atoms with E-state index in [2.05, 4.69) is 91.5 Å². The third kappa shape index (κ3) is 7.43. The zero-order chi connectivity index (χ0) is 42.6. The Morgan fingerprint density at radius 1 is 0.951 bits per heavy atom. The molecule has 0 spiro atoms. The van der Waals surface area contributed by atoms with Crippen LogP contribution < -0.4 is 25.2 Å². The number of piperidine rings is 2. The van der Waals surface area contributed by atoms with Crippen LogP contribution >= 0.6 is 0 Å². The Labute approximate surface area is 357 Å². The van der Waals surface area contributed by atoms with Crippen LogP contribution in [0.25, 0.3) is 15.7 Å². The van der Waals surface area contributed by atoms with Crippen LogP contribution in [-0.2, 0) is 11.3 Å². The number of hydrogen-bond donors (Lipinski definition) is 2. The normalized spacial score (nSPS) is 23.9. The number of fused-ring (bicyclic) bond motifs is 2. The van der Waals surface area contributed by atoms with Crippen molar-refractivity contribution in [1.82, 2.24) is 35.4 Å². The molecule has 2 N–H and O–H groups in total. The molecule has 0 unspecified atom stereocenters. The highest BCUT2D eigenvalue weighted by Gasteiger charge is 2.64. The number of aromatic nitrogens is 3. The van der Waals surface area contributed by atoms with E-state index in [1.807, 2.05) is 24.3 Å². The molecule has 4 aliphatic heterocycles. The zero-order valence-corrected chi connectivity index (χ0v) is 35.5. The molecule has 5 aliphatic rings. The molecule has 0 bridgehead atoms. The fourth-order valence-electron chi connectivity index (χ4n) is 10.8. The van der Waals surface area contributed by atoms with Crippen LogP contribution in [0.1, 0.15) is 79.7 Å². The van der Waals surface area contributed by atoms with Gasteiger partial charge < -0.3 is 30.1 Å². The molecule has 1 aliphatic carbocycles. The maximum Gasteiger partial charge on any atom is 0.255 e. The van der Waals surface area contributed by atoms with Gasteiger partial charge >= 0.3 is 0 Å². The number of anilines is 2. The first-order valence-electron chi connectivity index (χ1n) is 21.5. The summed E-state index contributed by atoms with van der Waals surface area (Å²) in [7, 11) is 0. The molecule has 4 fully saturated rings. The third-order valence-corrected chi connectivity index (χ3v) is 13.9. The molecule has 3 saturated heterocycles. The van der Waals surface area contributed by atoms with Crippen molar-refractivity contribution >= 4 is 45.9 Å². The first kappa shape index (κ1) is 40.3. The monoisotopic (exact) mass is 822 g/mol. The highest BCUT2D eigenvalue weighted by molar-refractivity contribution is 6.02. The largest absolute Gasteiger partial charge is 0.489 e. The van der Waals surface area contributed by atoms with Gasteiger partial charge in [-0.1, -0.05) is 40.3 Å². The first-order chi connectivity index (χ1) is 29.3. The summed E-state index contributed by atoms with van der Waals surface area (Å²) in [6.07, 6.45) is 8.16. The van der Waals surface area contributed by atoms with Crippen LogP contribution in [0.2, 0.25) is 0 Å². The number of benzene rings is 2. The Morgan fingerprint density at radius 2 is 1.69 bits per heavy atom. The molecule has 9 rings (SSSR count). The smallest absolute Gasteiger partial charge is 0.255 e. The van der Waals surface area contributed by atoms with Crippen molar-refractivity contribution in [1.29, 1.82) is 0 Å². The Morgan fingerprint density at radius 3 is 2.39 bits per heavy atom. The molecule has 61 heavy (non-hydrogen) atoms. The fourth-order valence-corrected chi connectivity index (χ4v) is 10.8. The summed E-state index contributed by atoms with van der Waals surface area (Å²) in [5, 5.41) is 6.88. The lowest BCUT2D eigenvalue weighted by Crippen LogP contribution is -2.74. The highest BCUT2D eigenvalue weighted by atomic mass is 16.5. The van der Waals surface area contributed by atoms with Gasteiger partial charge in [0.2, 0.25) is 17.5 Å². The third-order valence-electron chi connectivity index (χ3n) is 13.9. The number of amides is 3. The molecule has 2 aromatic carbocycles. The summed E-state index contributed by atoms with van der Waals surface area (Å²) in [5.41, 5.74) is 4.32. The summed E-state index contributed by atoms with van der Waals surface area (Å²) < 4.78 is 6.65. The number of nitrogens with one attached hydrogen (secondary N) is 2. The molecule has 3 amide bonds. The van der Waals surface area contributed by atoms with E-state index in [4.69, 9.17) is 11.3 Å². The molecule has 2 aromatic heterocycles. The van der Waals surface area contributed by atoms with E-state index in [0.29, 0.717) is 65.0 Å². The van der Waals surface area contributed by atoms with E-state index in [1.165, 1.54) is 0 Å².